The van der Waals surface area contributed by atoms with Gasteiger partial charge in [-0.1, -0.05) is 48.2 Å². The molecule has 0 saturated carbocycles. The summed E-state index contributed by atoms with van der Waals surface area (Å²) in [6, 6.07) is 11.9. The average molecular weight is 480 g/mol. The summed E-state index contributed by atoms with van der Waals surface area (Å²) in [6.45, 7) is 9.38. The molecule has 6 nitrogen and oxygen atoms in total. The maximum absolute atomic E-state index is 12.8. The summed E-state index contributed by atoms with van der Waals surface area (Å²) < 4.78 is 5.29. The number of amides is 1. The molecular weight excluding hydrogens is 454 g/mol. The molecule has 170 valence electrons. The number of hydrogen-bond acceptors (Lipinski definition) is 7. The number of allylic oxidation sites excluding steroid dienone is 2. The molecule has 1 aromatic heterocycles. The van der Waals surface area contributed by atoms with E-state index in [9.17, 15) is 14.9 Å². The highest BCUT2D eigenvalue weighted by Crippen LogP contribution is 2.42. The van der Waals surface area contributed by atoms with Crippen molar-refractivity contribution in [1.82, 2.24) is 5.32 Å². The van der Waals surface area contributed by atoms with E-state index in [0.29, 0.717) is 21.9 Å². The Kier molecular flexibility index (Phi) is 8.15. The fourth-order valence-electron chi connectivity index (χ4n) is 3.53. The normalized spacial score (nSPS) is 15.5. The second-order valence-electron chi connectivity index (χ2n) is 7.51. The third-order valence-corrected chi connectivity index (χ3v) is 6.99. The van der Waals surface area contributed by atoms with Crippen LogP contribution >= 0.6 is 23.1 Å². The highest BCUT2D eigenvalue weighted by atomic mass is 32.2. The molecule has 1 unspecified atom stereocenters. The van der Waals surface area contributed by atoms with E-state index in [1.54, 1.807) is 6.92 Å². The lowest BCUT2D eigenvalue weighted by atomic mass is 9.87. The molecule has 1 amide bonds. The second kappa shape index (κ2) is 11.0. The minimum absolute atomic E-state index is 0.0819. The van der Waals surface area contributed by atoms with Gasteiger partial charge in [-0.3, -0.25) is 4.79 Å². The number of thiophene rings is 1. The van der Waals surface area contributed by atoms with Crippen molar-refractivity contribution in [2.24, 2.45) is 0 Å². The molecule has 0 aliphatic carbocycles. The fourth-order valence-corrected chi connectivity index (χ4v) is 5.26. The number of carbonyl (C=O) groups is 2. The number of thioether (sulfide) groups is 1. The molecule has 2 aromatic rings. The van der Waals surface area contributed by atoms with E-state index >= 15 is 0 Å². The van der Waals surface area contributed by atoms with E-state index in [2.05, 4.69) is 23.3 Å². The van der Waals surface area contributed by atoms with Gasteiger partial charge in [0, 0.05) is 16.3 Å². The minimum atomic E-state index is -0.557. The molecular formula is C25H25N3O3S2. The Morgan fingerprint density at radius 3 is 2.76 bits per heavy atom. The number of esters is 1. The number of anilines is 1. The Hall–Kier alpha value is -3.28. The van der Waals surface area contributed by atoms with Gasteiger partial charge in [-0.15, -0.1) is 11.3 Å². The van der Waals surface area contributed by atoms with Crippen molar-refractivity contribution < 1.29 is 14.3 Å². The first kappa shape index (κ1) is 24.4. The standard InChI is InChI=1S/C25H25N3O3S2/c1-5-10-31-25(30)22-17(4)27-24(18(13-26)23(22)20-7-6-11-32-20)33-14-21(29)28-19-9-8-15(2)12-16(19)3/h5-9,11-12,23,27H,1,10,14H2,2-4H3,(H,28,29). The van der Waals surface area contributed by atoms with E-state index in [4.69, 9.17) is 4.74 Å². The predicted molar refractivity (Wildman–Crippen MR) is 134 cm³/mol. The molecule has 0 radical (unpaired) electrons. The molecule has 33 heavy (non-hydrogen) atoms. The predicted octanol–water partition coefficient (Wildman–Crippen LogP) is 5.16. The van der Waals surface area contributed by atoms with Gasteiger partial charge in [-0.05, 0) is 43.8 Å². The fraction of sp³-hybridized carbons (Fsp3) is 0.240. The number of benzene rings is 1. The lowest BCUT2D eigenvalue weighted by Crippen LogP contribution is -2.29. The number of dihydropyridines is 1. The molecule has 3 rings (SSSR count). The van der Waals surface area contributed by atoms with Crippen LogP contribution in [-0.4, -0.2) is 24.2 Å². The number of ether oxygens (including phenoxy) is 1. The number of carbonyl (C=O) groups excluding carboxylic acids is 2. The number of aryl methyl sites for hydroxylation is 2. The molecule has 0 spiro atoms. The van der Waals surface area contributed by atoms with Crippen LogP contribution in [0.2, 0.25) is 0 Å². The number of nitrogens with zero attached hydrogens (tertiary/aromatic N) is 1. The summed E-state index contributed by atoms with van der Waals surface area (Å²) in [4.78, 5) is 26.3. The van der Waals surface area contributed by atoms with E-state index in [-0.39, 0.29) is 18.3 Å². The van der Waals surface area contributed by atoms with Gasteiger partial charge in [-0.2, -0.15) is 5.26 Å². The highest BCUT2D eigenvalue weighted by Gasteiger charge is 2.36. The Labute approximate surface area is 202 Å². The van der Waals surface area contributed by atoms with Gasteiger partial charge in [0.05, 0.1) is 33.9 Å². The summed E-state index contributed by atoms with van der Waals surface area (Å²) in [5, 5.41) is 18.5. The van der Waals surface area contributed by atoms with Crippen LogP contribution in [0.1, 0.15) is 28.8 Å². The van der Waals surface area contributed by atoms with Gasteiger partial charge >= 0.3 is 5.97 Å². The molecule has 0 bridgehead atoms. The van der Waals surface area contributed by atoms with E-state index in [0.717, 1.165) is 21.7 Å². The smallest absolute Gasteiger partial charge is 0.337 e. The van der Waals surface area contributed by atoms with Crippen molar-refractivity contribution in [2.75, 3.05) is 17.7 Å². The maximum atomic E-state index is 12.8. The minimum Gasteiger partial charge on any atom is -0.458 e. The third-order valence-electron chi connectivity index (χ3n) is 5.03. The monoisotopic (exact) mass is 479 g/mol. The second-order valence-corrected chi connectivity index (χ2v) is 9.47. The van der Waals surface area contributed by atoms with Gasteiger partial charge in [0.25, 0.3) is 0 Å². The van der Waals surface area contributed by atoms with E-state index in [1.807, 2.05) is 49.6 Å². The van der Waals surface area contributed by atoms with E-state index < -0.39 is 11.9 Å². The van der Waals surface area contributed by atoms with Crippen molar-refractivity contribution in [3.63, 3.8) is 0 Å². The Morgan fingerprint density at radius 1 is 1.33 bits per heavy atom. The molecule has 1 aliphatic rings. The maximum Gasteiger partial charge on any atom is 0.337 e. The molecule has 1 aromatic carbocycles. The third kappa shape index (κ3) is 5.75. The number of nitriles is 1. The summed E-state index contributed by atoms with van der Waals surface area (Å²) in [5.41, 5.74) is 4.24. The summed E-state index contributed by atoms with van der Waals surface area (Å²) >= 11 is 2.70. The Balaban J connectivity index is 1.84. The largest absolute Gasteiger partial charge is 0.458 e. The lowest BCUT2D eigenvalue weighted by Gasteiger charge is -2.28. The summed E-state index contributed by atoms with van der Waals surface area (Å²) in [6.07, 6.45) is 1.50. The quantitative estimate of drug-likeness (QED) is 0.401. The zero-order valence-corrected chi connectivity index (χ0v) is 20.4. The van der Waals surface area contributed by atoms with Crippen LogP contribution in [0.3, 0.4) is 0 Å². The van der Waals surface area contributed by atoms with Crippen LogP contribution in [0.4, 0.5) is 5.69 Å². The zero-order valence-electron chi connectivity index (χ0n) is 18.7. The average Bonchev–Trinajstić information content (AvgIpc) is 3.32. The molecule has 0 saturated heterocycles. The SMILES string of the molecule is C=CCOC(=O)C1=C(C)NC(SCC(=O)Nc2ccc(C)cc2C)=C(C#N)C1c1cccs1. The molecule has 1 atom stereocenters. The topological polar surface area (TPSA) is 91.2 Å². The van der Waals surface area contributed by atoms with Crippen LogP contribution in [0, 0.1) is 25.2 Å². The molecule has 2 heterocycles. The van der Waals surface area contributed by atoms with Crippen molar-refractivity contribution in [1.29, 1.82) is 5.26 Å². The molecule has 1 aliphatic heterocycles. The Morgan fingerprint density at radius 2 is 2.12 bits per heavy atom. The number of rotatable bonds is 8. The van der Waals surface area contributed by atoms with Crippen LogP contribution in [-0.2, 0) is 14.3 Å². The zero-order chi connectivity index (χ0) is 24.0. The van der Waals surface area contributed by atoms with Crippen molar-refractivity contribution in [3.05, 3.63) is 86.2 Å². The van der Waals surface area contributed by atoms with Crippen LogP contribution in [0.15, 0.2) is 70.2 Å². The Bertz CT molecular complexity index is 1170. The molecule has 2 N–H and O–H groups in total. The van der Waals surface area contributed by atoms with Gasteiger partial charge in [0.15, 0.2) is 0 Å². The van der Waals surface area contributed by atoms with Gasteiger partial charge in [0.1, 0.15) is 6.61 Å². The summed E-state index contributed by atoms with van der Waals surface area (Å²) in [7, 11) is 0. The van der Waals surface area contributed by atoms with Crippen LogP contribution in [0.25, 0.3) is 0 Å². The van der Waals surface area contributed by atoms with Crippen molar-refractivity contribution in [2.45, 2.75) is 26.7 Å². The van der Waals surface area contributed by atoms with Crippen molar-refractivity contribution >= 4 is 40.7 Å². The number of hydrogen-bond donors (Lipinski definition) is 2. The van der Waals surface area contributed by atoms with Crippen LogP contribution < -0.4 is 10.6 Å². The van der Waals surface area contributed by atoms with Crippen molar-refractivity contribution in [3.8, 4) is 6.07 Å². The first-order valence-electron chi connectivity index (χ1n) is 10.3. The number of nitrogens with one attached hydrogen (secondary N) is 2. The summed E-state index contributed by atoms with van der Waals surface area (Å²) in [5.74, 6) is -1.12. The van der Waals surface area contributed by atoms with Gasteiger partial charge in [0.2, 0.25) is 5.91 Å². The van der Waals surface area contributed by atoms with Gasteiger partial charge in [-0.25, -0.2) is 4.79 Å². The lowest BCUT2D eigenvalue weighted by molar-refractivity contribution is -0.138. The van der Waals surface area contributed by atoms with Gasteiger partial charge < -0.3 is 15.4 Å². The molecule has 8 heteroatoms. The van der Waals surface area contributed by atoms with Crippen LogP contribution in [0.5, 0.6) is 0 Å². The van der Waals surface area contributed by atoms with E-state index in [1.165, 1.54) is 29.2 Å². The first-order valence-corrected chi connectivity index (χ1v) is 12.2. The molecule has 0 fully saturated rings. The first-order chi connectivity index (χ1) is 15.8. The highest BCUT2D eigenvalue weighted by molar-refractivity contribution is 8.03.